The number of ether oxygens (including phenoxy) is 4. The second kappa shape index (κ2) is 12.4. The van der Waals surface area contributed by atoms with Gasteiger partial charge in [0.2, 0.25) is 0 Å². The van der Waals surface area contributed by atoms with Gasteiger partial charge in [0.1, 0.15) is 12.6 Å². The van der Waals surface area contributed by atoms with E-state index in [2.05, 4.69) is 0 Å². The topological polar surface area (TPSA) is 94.5 Å². The van der Waals surface area contributed by atoms with Gasteiger partial charge < -0.3 is 29.0 Å². The maximum atomic E-state index is 13.8. The third-order valence-electron chi connectivity index (χ3n) is 6.35. The zero-order valence-corrected chi connectivity index (χ0v) is 21.0. The average molecular weight is 506 g/mol. The molecule has 37 heavy (non-hydrogen) atoms. The summed E-state index contributed by atoms with van der Waals surface area (Å²) in [5.41, 5.74) is 3.16. The minimum absolute atomic E-state index is 0.0807. The third-order valence-corrected chi connectivity index (χ3v) is 6.35. The molecule has 0 spiro atoms. The van der Waals surface area contributed by atoms with Crippen LogP contribution in [-0.2, 0) is 38.6 Å². The molecular weight excluding hydrogens is 474 g/mol. The summed E-state index contributed by atoms with van der Waals surface area (Å²) in [6.07, 6.45) is -0.871. The predicted molar refractivity (Wildman–Crippen MR) is 136 cm³/mol. The van der Waals surface area contributed by atoms with Crippen LogP contribution >= 0.6 is 0 Å². The number of benzene rings is 3. The van der Waals surface area contributed by atoms with Gasteiger partial charge in [0.15, 0.2) is 17.6 Å². The quantitative estimate of drug-likeness (QED) is 0.394. The summed E-state index contributed by atoms with van der Waals surface area (Å²) in [4.78, 5) is 27.6. The van der Waals surface area contributed by atoms with Crippen LogP contribution in [0, 0.1) is 0 Å². The normalized spacial score (nSPS) is 15.5. The second-order valence-corrected chi connectivity index (χ2v) is 8.69. The van der Waals surface area contributed by atoms with Crippen molar-refractivity contribution in [2.45, 2.75) is 31.7 Å². The number of carbonyl (C=O) groups is 2. The van der Waals surface area contributed by atoms with E-state index in [0.717, 1.165) is 16.7 Å². The number of hydrogen-bond acceptors (Lipinski definition) is 6. The van der Waals surface area contributed by atoms with E-state index in [-0.39, 0.29) is 19.6 Å². The van der Waals surface area contributed by atoms with Gasteiger partial charge in [-0.15, -0.1) is 0 Å². The molecule has 0 aliphatic carbocycles. The summed E-state index contributed by atoms with van der Waals surface area (Å²) < 4.78 is 22.7. The van der Waals surface area contributed by atoms with Gasteiger partial charge in [-0.3, -0.25) is 4.79 Å². The molecule has 0 aromatic heterocycles. The lowest BCUT2D eigenvalue weighted by atomic mass is 9.91. The van der Waals surface area contributed by atoms with E-state index in [1.807, 2.05) is 54.6 Å². The Hall–Kier alpha value is -3.88. The number of methoxy groups -OCH3 is 2. The Kier molecular flexibility index (Phi) is 8.77. The van der Waals surface area contributed by atoms with E-state index in [0.29, 0.717) is 30.3 Å². The third kappa shape index (κ3) is 6.10. The van der Waals surface area contributed by atoms with E-state index >= 15 is 0 Å². The Morgan fingerprint density at radius 2 is 1.68 bits per heavy atom. The standard InChI is InChI=1S/C29H31NO7/c1-34-15-16-36-26(21-11-7-4-8-12-21)28(31)30-18-22-13-14-25(35-2)27(23(22)17-24(30)29(32)33)37-19-20-9-5-3-6-10-20/h3-14,24,26H,15-19H2,1-2H3,(H,32,33)/t24-,26-/m1/s1. The molecule has 2 atom stereocenters. The van der Waals surface area contributed by atoms with Crippen molar-refractivity contribution in [3.05, 3.63) is 95.1 Å². The fourth-order valence-electron chi connectivity index (χ4n) is 4.45. The van der Waals surface area contributed by atoms with Crippen molar-refractivity contribution in [1.29, 1.82) is 0 Å². The van der Waals surface area contributed by atoms with Crippen LogP contribution in [0.3, 0.4) is 0 Å². The number of amides is 1. The maximum absolute atomic E-state index is 13.8. The van der Waals surface area contributed by atoms with Crippen molar-refractivity contribution < 1.29 is 33.6 Å². The van der Waals surface area contributed by atoms with Gasteiger partial charge in [-0.25, -0.2) is 4.79 Å². The fraction of sp³-hybridized carbons (Fsp3) is 0.310. The van der Waals surface area contributed by atoms with Crippen LogP contribution in [0.25, 0.3) is 0 Å². The molecule has 8 nitrogen and oxygen atoms in total. The molecular formula is C29H31NO7. The monoisotopic (exact) mass is 505 g/mol. The Morgan fingerprint density at radius 3 is 2.32 bits per heavy atom. The van der Waals surface area contributed by atoms with Crippen LogP contribution < -0.4 is 9.47 Å². The molecule has 1 heterocycles. The van der Waals surface area contributed by atoms with Crippen LogP contribution in [0.15, 0.2) is 72.8 Å². The van der Waals surface area contributed by atoms with E-state index in [1.54, 1.807) is 32.4 Å². The number of fused-ring (bicyclic) bond motifs is 1. The summed E-state index contributed by atoms with van der Waals surface area (Å²) >= 11 is 0. The van der Waals surface area contributed by atoms with Crippen LogP contribution in [-0.4, -0.2) is 55.4 Å². The number of carboxylic acid groups (broad SMARTS) is 1. The van der Waals surface area contributed by atoms with Gasteiger partial charge in [0, 0.05) is 25.6 Å². The molecule has 3 aromatic carbocycles. The van der Waals surface area contributed by atoms with Gasteiger partial charge in [0.05, 0.1) is 20.3 Å². The van der Waals surface area contributed by atoms with E-state index < -0.39 is 24.0 Å². The number of hydrogen-bond donors (Lipinski definition) is 1. The lowest BCUT2D eigenvalue weighted by molar-refractivity contribution is -0.158. The summed E-state index contributed by atoms with van der Waals surface area (Å²) in [5, 5.41) is 10.1. The van der Waals surface area contributed by atoms with Crippen molar-refractivity contribution in [3.63, 3.8) is 0 Å². The fourth-order valence-corrected chi connectivity index (χ4v) is 4.45. The van der Waals surface area contributed by atoms with Crippen molar-refractivity contribution in [1.82, 2.24) is 4.90 Å². The highest BCUT2D eigenvalue weighted by Gasteiger charge is 2.40. The van der Waals surface area contributed by atoms with Gasteiger partial charge in [-0.05, 0) is 22.8 Å². The molecule has 1 N–H and O–H groups in total. The molecule has 1 aliphatic rings. The summed E-state index contributed by atoms with van der Waals surface area (Å²) in [5.74, 6) is -0.496. The molecule has 0 fully saturated rings. The first kappa shape index (κ1) is 26.2. The number of aliphatic carboxylic acids is 1. The van der Waals surface area contributed by atoms with Crippen LogP contribution in [0.5, 0.6) is 11.5 Å². The van der Waals surface area contributed by atoms with E-state index in [4.69, 9.17) is 18.9 Å². The minimum atomic E-state index is -1.10. The van der Waals surface area contributed by atoms with Gasteiger partial charge in [-0.2, -0.15) is 0 Å². The molecule has 1 amide bonds. The molecule has 0 radical (unpaired) electrons. The van der Waals surface area contributed by atoms with Crippen LogP contribution in [0.4, 0.5) is 0 Å². The summed E-state index contributed by atoms with van der Waals surface area (Å²) in [6, 6.07) is 21.3. The Balaban J connectivity index is 1.65. The van der Waals surface area contributed by atoms with Crippen molar-refractivity contribution in [2.24, 2.45) is 0 Å². The molecule has 0 saturated carbocycles. The van der Waals surface area contributed by atoms with Gasteiger partial charge in [0.25, 0.3) is 5.91 Å². The van der Waals surface area contributed by atoms with E-state index in [9.17, 15) is 14.7 Å². The lowest BCUT2D eigenvalue weighted by Gasteiger charge is -2.37. The zero-order valence-electron chi connectivity index (χ0n) is 21.0. The smallest absolute Gasteiger partial charge is 0.326 e. The van der Waals surface area contributed by atoms with Crippen molar-refractivity contribution in [3.8, 4) is 11.5 Å². The molecule has 3 aromatic rings. The van der Waals surface area contributed by atoms with Crippen molar-refractivity contribution in [2.75, 3.05) is 27.4 Å². The second-order valence-electron chi connectivity index (χ2n) is 8.69. The summed E-state index contributed by atoms with van der Waals surface area (Å²) in [6.45, 7) is 0.910. The number of nitrogens with zero attached hydrogens (tertiary/aromatic N) is 1. The lowest BCUT2D eigenvalue weighted by Crippen LogP contribution is -2.50. The summed E-state index contributed by atoms with van der Waals surface area (Å²) in [7, 11) is 3.10. The Labute approximate surface area is 216 Å². The van der Waals surface area contributed by atoms with Gasteiger partial charge >= 0.3 is 5.97 Å². The first-order valence-corrected chi connectivity index (χ1v) is 12.1. The van der Waals surface area contributed by atoms with Gasteiger partial charge in [-0.1, -0.05) is 66.7 Å². The highest BCUT2D eigenvalue weighted by Crippen LogP contribution is 2.39. The minimum Gasteiger partial charge on any atom is -0.493 e. The first-order chi connectivity index (χ1) is 18.0. The highest BCUT2D eigenvalue weighted by atomic mass is 16.5. The Morgan fingerprint density at radius 1 is 0.973 bits per heavy atom. The molecule has 8 heteroatoms. The average Bonchev–Trinajstić information content (AvgIpc) is 2.94. The highest BCUT2D eigenvalue weighted by molar-refractivity contribution is 5.88. The van der Waals surface area contributed by atoms with Crippen molar-refractivity contribution >= 4 is 11.9 Å². The number of carboxylic acids is 1. The van der Waals surface area contributed by atoms with Crippen LogP contribution in [0.1, 0.15) is 28.4 Å². The maximum Gasteiger partial charge on any atom is 0.326 e. The SMILES string of the molecule is COCCO[C@@H](C(=O)N1Cc2ccc(OC)c(OCc3ccccc3)c2C[C@@H]1C(=O)O)c1ccccc1. The number of rotatable bonds is 11. The predicted octanol–water partition coefficient (Wildman–Crippen LogP) is 4.02. The number of carbonyl (C=O) groups excluding carboxylic acids is 1. The molecule has 4 rings (SSSR count). The van der Waals surface area contributed by atoms with Crippen LogP contribution in [0.2, 0.25) is 0 Å². The Bertz CT molecular complexity index is 1200. The molecule has 0 unspecified atom stereocenters. The zero-order chi connectivity index (χ0) is 26.2. The largest absolute Gasteiger partial charge is 0.493 e. The van der Waals surface area contributed by atoms with E-state index in [1.165, 1.54) is 4.90 Å². The molecule has 1 aliphatic heterocycles. The molecule has 194 valence electrons. The molecule has 0 saturated heterocycles. The molecule has 0 bridgehead atoms. The first-order valence-electron chi connectivity index (χ1n) is 12.1.